The number of anilines is 1. The quantitative estimate of drug-likeness (QED) is 0.889. The third-order valence-electron chi connectivity index (χ3n) is 4.12. The molecule has 0 amide bonds. The van der Waals surface area contributed by atoms with Gasteiger partial charge in [0.25, 0.3) is 0 Å². The lowest BCUT2D eigenvalue weighted by molar-refractivity contribution is 0.300. The minimum Gasteiger partial charge on any atom is -0.368 e. The van der Waals surface area contributed by atoms with Crippen LogP contribution >= 0.6 is 0 Å². The fourth-order valence-corrected chi connectivity index (χ4v) is 3.19. The van der Waals surface area contributed by atoms with Crippen molar-refractivity contribution in [2.75, 3.05) is 18.0 Å². The molecule has 0 radical (unpaired) electrons. The molecule has 0 spiro atoms. The highest BCUT2D eigenvalue weighted by Crippen LogP contribution is 2.31. The fraction of sp³-hybridized carbons (Fsp3) is 0.667. The van der Waals surface area contributed by atoms with Gasteiger partial charge in [-0.3, -0.25) is 4.98 Å². The largest absolute Gasteiger partial charge is 0.368 e. The number of nitrogens with two attached hydrogens (primary N) is 1. The van der Waals surface area contributed by atoms with Crippen molar-refractivity contribution in [1.29, 1.82) is 0 Å². The Balaban J connectivity index is 2.21. The molecule has 2 atom stereocenters. The Hall–Kier alpha value is -1.09. The third kappa shape index (κ3) is 2.83. The second-order valence-corrected chi connectivity index (χ2v) is 5.29. The molecule has 2 unspecified atom stereocenters. The summed E-state index contributed by atoms with van der Waals surface area (Å²) < 4.78 is 0. The van der Waals surface area contributed by atoms with Crippen LogP contribution in [0.5, 0.6) is 0 Å². The molecule has 2 rings (SSSR count). The van der Waals surface area contributed by atoms with E-state index in [9.17, 15) is 0 Å². The van der Waals surface area contributed by atoms with Crippen LogP contribution in [0.15, 0.2) is 18.3 Å². The van der Waals surface area contributed by atoms with E-state index in [1.54, 1.807) is 0 Å². The summed E-state index contributed by atoms with van der Waals surface area (Å²) in [5.74, 6) is 0.646. The zero-order valence-corrected chi connectivity index (χ0v) is 11.6. The lowest BCUT2D eigenvalue weighted by Crippen LogP contribution is -2.45. The molecule has 1 fully saturated rings. The van der Waals surface area contributed by atoms with E-state index in [1.807, 2.05) is 6.20 Å². The van der Waals surface area contributed by atoms with Gasteiger partial charge in [0.15, 0.2) is 0 Å². The van der Waals surface area contributed by atoms with E-state index >= 15 is 0 Å². The predicted octanol–water partition coefficient (Wildman–Crippen LogP) is 2.73. The maximum Gasteiger partial charge on any atom is 0.0402 e. The first-order chi connectivity index (χ1) is 8.76. The lowest BCUT2D eigenvalue weighted by Gasteiger charge is -2.40. The third-order valence-corrected chi connectivity index (χ3v) is 4.12. The van der Waals surface area contributed by atoms with Crippen molar-refractivity contribution in [3.8, 4) is 0 Å². The fourth-order valence-electron chi connectivity index (χ4n) is 3.19. The molecular formula is C15H25N3. The number of aromatic nitrogens is 1. The molecule has 100 valence electrons. The molecule has 1 saturated carbocycles. The van der Waals surface area contributed by atoms with Gasteiger partial charge in [0, 0.05) is 30.2 Å². The zero-order chi connectivity index (χ0) is 13.0. The average molecular weight is 247 g/mol. The van der Waals surface area contributed by atoms with Gasteiger partial charge in [0.2, 0.25) is 0 Å². The molecule has 1 aromatic rings. The predicted molar refractivity (Wildman–Crippen MR) is 76.8 cm³/mol. The summed E-state index contributed by atoms with van der Waals surface area (Å²) in [6.45, 7) is 6.15. The van der Waals surface area contributed by atoms with Crippen molar-refractivity contribution in [2.45, 2.75) is 45.6 Å². The van der Waals surface area contributed by atoms with Crippen LogP contribution in [0.2, 0.25) is 0 Å². The summed E-state index contributed by atoms with van der Waals surface area (Å²) >= 11 is 0. The van der Waals surface area contributed by atoms with Crippen molar-refractivity contribution in [2.24, 2.45) is 11.7 Å². The SMILES string of the molecule is CCN(c1ccnc(C)c1)C1CCCCC1CN. The molecule has 3 heteroatoms. The maximum atomic E-state index is 5.96. The van der Waals surface area contributed by atoms with Gasteiger partial charge in [-0.2, -0.15) is 0 Å². The molecule has 0 aliphatic heterocycles. The van der Waals surface area contributed by atoms with Crippen LogP contribution in [0.25, 0.3) is 0 Å². The second kappa shape index (κ2) is 6.19. The molecule has 1 heterocycles. The van der Waals surface area contributed by atoms with Crippen molar-refractivity contribution < 1.29 is 0 Å². The molecule has 1 aliphatic carbocycles. The van der Waals surface area contributed by atoms with E-state index in [4.69, 9.17) is 5.73 Å². The summed E-state index contributed by atoms with van der Waals surface area (Å²) in [5, 5.41) is 0. The number of aryl methyl sites for hydroxylation is 1. The van der Waals surface area contributed by atoms with E-state index in [1.165, 1.54) is 31.4 Å². The topological polar surface area (TPSA) is 42.2 Å². The van der Waals surface area contributed by atoms with E-state index < -0.39 is 0 Å². The van der Waals surface area contributed by atoms with E-state index in [2.05, 4.69) is 35.9 Å². The summed E-state index contributed by atoms with van der Waals surface area (Å²) in [6, 6.07) is 4.92. The molecule has 18 heavy (non-hydrogen) atoms. The minimum absolute atomic E-state index is 0.607. The molecular weight excluding hydrogens is 222 g/mol. The van der Waals surface area contributed by atoms with Gasteiger partial charge in [-0.1, -0.05) is 12.8 Å². The summed E-state index contributed by atoms with van der Waals surface area (Å²) in [6.07, 6.45) is 7.14. The molecule has 0 aromatic carbocycles. The number of pyridine rings is 1. The summed E-state index contributed by atoms with van der Waals surface area (Å²) in [4.78, 5) is 6.81. The van der Waals surface area contributed by atoms with Gasteiger partial charge >= 0.3 is 0 Å². The van der Waals surface area contributed by atoms with E-state index in [0.717, 1.165) is 18.8 Å². The highest BCUT2D eigenvalue weighted by molar-refractivity contribution is 5.47. The minimum atomic E-state index is 0.607. The average Bonchev–Trinajstić information content (AvgIpc) is 2.40. The molecule has 1 aromatic heterocycles. The number of rotatable bonds is 4. The van der Waals surface area contributed by atoms with Crippen LogP contribution in [-0.2, 0) is 0 Å². The Morgan fingerprint density at radius 1 is 1.39 bits per heavy atom. The standard InChI is InChI=1S/C15H25N3/c1-3-18(14-8-9-17-12(2)10-14)15-7-5-4-6-13(15)11-16/h8-10,13,15H,3-7,11,16H2,1-2H3. The van der Waals surface area contributed by atoms with Gasteiger partial charge in [0.1, 0.15) is 0 Å². The van der Waals surface area contributed by atoms with E-state index in [-0.39, 0.29) is 0 Å². The first-order valence-electron chi connectivity index (χ1n) is 7.15. The van der Waals surface area contributed by atoms with Gasteiger partial charge in [-0.25, -0.2) is 0 Å². The highest BCUT2D eigenvalue weighted by Gasteiger charge is 2.28. The zero-order valence-electron chi connectivity index (χ0n) is 11.6. The first-order valence-corrected chi connectivity index (χ1v) is 7.15. The van der Waals surface area contributed by atoms with Crippen LogP contribution < -0.4 is 10.6 Å². The summed E-state index contributed by atoms with van der Waals surface area (Å²) in [5.41, 5.74) is 8.35. The molecule has 3 nitrogen and oxygen atoms in total. The van der Waals surface area contributed by atoms with Gasteiger partial charge < -0.3 is 10.6 Å². The summed E-state index contributed by atoms with van der Waals surface area (Å²) in [7, 11) is 0. The Bertz CT molecular complexity index is 378. The Kier molecular flexibility index (Phi) is 4.59. The van der Waals surface area contributed by atoms with Crippen molar-refractivity contribution in [3.05, 3.63) is 24.0 Å². The van der Waals surface area contributed by atoms with Gasteiger partial charge in [-0.05, 0) is 51.3 Å². The Morgan fingerprint density at radius 2 is 2.17 bits per heavy atom. The maximum absolute atomic E-state index is 5.96. The number of hydrogen-bond donors (Lipinski definition) is 1. The number of hydrogen-bond acceptors (Lipinski definition) is 3. The monoisotopic (exact) mass is 247 g/mol. The number of nitrogens with zero attached hydrogens (tertiary/aromatic N) is 2. The van der Waals surface area contributed by atoms with Crippen molar-refractivity contribution in [1.82, 2.24) is 4.98 Å². The Morgan fingerprint density at radius 3 is 2.83 bits per heavy atom. The molecule has 0 bridgehead atoms. The van der Waals surface area contributed by atoms with Crippen molar-refractivity contribution >= 4 is 5.69 Å². The van der Waals surface area contributed by atoms with E-state index in [0.29, 0.717) is 12.0 Å². The second-order valence-electron chi connectivity index (χ2n) is 5.29. The van der Waals surface area contributed by atoms with Crippen LogP contribution in [0.3, 0.4) is 0 Å². The van der Waals surface area contributed by atoms with Crippen molar-refractivity contribution in [3.63, 3.8) is 0 Å². The molecule has 1 aliphatic rings. The van der Waals surface area contributed by atoms with Crippen LogP contribution in [0.4, 0.5) is 5.69 Å². The smallest absolute Gasteiger partial charge is 0.0402 e. The highest BCUT2D eigenvalue weighted by atomic mass is 15.2. The van der Waals surface area contributed by atoms with Crippen LogP contribution in [0, 0.1) is 12.8 Å². The lowest BCUT2D eigenvalue weighted by atomic mass is 9.83. The molecule has 2 N–H and O–H groups in total. The normalized spacial score (nSPS) is 23.9. The Labute approximate surface area is 110 Å². The molecule has 0 saturated heterocycles. The van der Waals surface area contributed by atoms with Gasteiger partial charge in [-0.15, -0.1) is 0 Å². The van der Waals surface area contributed by atoms with Crippen LogP contribution in [0.1, 0.15) is 38.3 Å². The van der Waals surface area contributed by atoms with Crippen LogP contribution in [-0.4, -0.2) is 24.1 Å². The van der Waals surface area contributed by atoms with Gasteiger partial charge in [0.05, 0.1) is 0 Å². The first kappa shape index (κ1) is 13.3.